The number of hydrogen-bond acceptors (Lipinski definition) is 2. The van der Waals surface area contributed by atoms with E-state index in [-0.39, 0.29) is 0 Å². The molecule has 89 valence electrons. The zero-order valence-electron chi connectivity index (χ0n) is 10.1. The Balaban J connectivity index is 1.91. The lowest BCUT2D eigenvalue weighted by molar-refractivity contribution is 0.414. The molecule has 0 fully saturated rings. The highest BCUT2D eigenvalue weighted by Gasteiger charge is 2.06. The molecule has 1 heterocycles. The summed E-state index contributed by atoms with van der Waals surface area (Å²) < 4.78 is 5.15. The molecule has 1 N–H and O–H groups in total. The molecule has 2 aromatic carbocycles. The van der Waals surface area contributed by atoms with Crippen LogP contribution < -0.4 is 4.74 Å². The maximum atomic E-state index is 5.15. The number of rotatable bonds is 3. The number of aromatic nitrogens is 2. The number of aromatic amines is 1. The van der Waals surface area contributed by atoms with Crippen molar-refractivity contribution in [1.82, 2.24) is 10.2 Å². The first-order chi connectivity index (χ1) is 8.86. The molecule has 0 atom stereocenters. The number of nitrogens with zero attached hydrogens (tertiary/aromatic N) is 1. The fourth-order valence-corrected chi connectivity index (χ4v) is 2.02. The summed E-state index contributed by atoms with van der Waals surface area (Å²) in [5.41, 5.74) is 3.26. The van der Waals surface area contributed by atoms with Gasteiger partial charge in [-0.25, -0.2) is 0 Å². The van der Waals surface area contributed by atoms with Crippen molar-refractivity contribution in [2.24, 2.45) is 0 Å². The topological polar surface area (TPSA) is 37.9 Å². The van der Waals surface area contributed by atoms with Gasteiger partial charge in [0, 0.05) is 11.8 Å². The first-order valence-corrected chi connectivity index (χ1v) is 5.83. The third-order valence-corrected chi connectivity index (χ3v) is 2.99. The number of nitrogens with one attached hydrogen (secondary N) is 1. The van der Waals surface area contributed by atoms with Crippen LogP contribution in [0.15, 0.2) is 42.5 Å². The van der Waals surface area contributed by atoms with Gasteiger partial charge in [0.2, 0.25) is 0 Å². The van der Waals surface area contributed by atoms with Crippen LogP contribution in [-0.4, -0.2) is 17.3 Å². The summed E-state index contributed by atoms with van der Waals surface area (Å²) in [6.45, 7) is 0. The van der Waals surface area contributed by atoms with Crippen LogP contribution in [0.4, 0.5) is 0 Å². The Morgan fingerprint density at radius 1 is 1.22 bits per heavy atom. The van der Waals surface area contributed by atoms with Crippen molar-refractivity contribution < 1.29 is 4.74 Å². The van der Waals surface area contributed by atoms with Crippen LogP contribution in [0, 0.1) is 6.07 Å². The molecule has 0 amide bonds. The van der Waals surface area contributed by atoms with E-state index in [9.17, 15) is 0 Å². The second-order valence-corrected chi connectivity index (χ2v) is 4.15. The molecule has 3 rings (SSSR count). The van der Waals surface area contributed by atoms with E-state index < -0.39 is 0 Å². The van der Waals surface area contributed by atoms with E-state index in [1.54, 1.807) is 7.11 Å². The molecule has 18 heavy (non-hydrogen) atoms. The average molecular weight is 237 g/mol. The molecular formula is C15H13N2O. The standard InChI is InChI=1S/C15H13N2O/c1-18-12-8-6-11(7-9-12)10-15-13-4-2-3-5-14(13)16-17-15/h2-3,5-9H,10H2,1H3,(H,16,17). The van der Waals surface area contributed by atoms with Gasteiger partial charge in [-0.2, -0.15) is 5.10 Å². The molecule has 1 aromatic heterocycles. The van der Waals surface area contributed by atoms with E-state index in [2.05, 4.69) is 28.4 Å². The first kappa shape index (κ1) is 10.8. The molecule has 0 aliphatic heterocycles. The first-order valence-electron chi connectivity index (χ1n) is 5.83. The van der Waals surface area contributed by atoms with Crippen molar-refractivity contribution in [3.05, 3.63) is 59.8 Å². The minimum absolute atomic E-state index is 0.796. The SMILES string of the molecule is COc1ccc(Cc2n[nH]c3ccc[c]c23)cc1. The molecule has 0 saturated carbocycles. The lowest BCUT2D eigenvalue weighted by Gasteiger charge is -2.02. The fourth-order valence-electron chi connectivity index (χ4n) is 2.02. The predicted molar refractivity (Wildman–Crippen MR) is 70.7 cm³/mol. The minimum atomic E-state index is 0.796. The summed E-state index contributed by atoms with van der Waals surface area (Å²) >= 11 is 0. The van der Waals surface area contributed by atoms with E-state index in [1.807, 2.05) is 30.3 Å². The monoisotopic (exact) mass is 237 g/mol. The molecule has 0 aliphatic carbocycles. The lowest BCUT2D eigenvalue weighted by atomic mass is 10.1. The lowest BCUT2D eigenvalue weighted by Crippen LogP contribution is -1.90. The summed E-state index contributed by atoms with van der Waals surface area (Å²) in [5, 5.41) is 8.43. The van der Waals surface area contributed by atoms with Gasteiger partial charge >= 0.3 is 0 Å². The van der Waals surface area contributed by atoms with Crippen LogP contribution in [0.1, 0.15) is 11.3 Å². The number of ether oxygens (including phenoxy) is 1. The predicted octanol–water partition coefficient (Wildman–Crippen LogP) is 2.96. The Hall–Kier alpha value is -2.29. The smallest absolute Gasteiger partial charge is 0.118 e. The number of H-pyrrole nitrogens is 1. The molecule has 0 saturated heterocycles. The van der Waals surface area contributed by atoms with Gasteiger partial charge < -0.3 is 4.74 Å². The highest BCUT2D eigenvalue weighted by atomic mass is 16.5. The Morgan fingerprint density at radius 2 is 2.06 bits per heavy atom. The van der Waals surface area contributed by atoms with Crippen LogP contribution in [-0.2, 0) is 6.42 Å². The van der Waals surface area contributed by atoms with E-state index in [1.165, 1.54) is 5.56 Å². The van der Waals surface area contributed by atoms with Gasteiger partial charge in [-0.1, -0.05) is 24.3 Å². The van der Waals surface area contributed by atoms with Crippen LogP contribution in [0.2, 0.25) is 0 Å². The highest BCUT2D eigenvalue weighted by Crippen LogP contribution is 2.19. The van der Waals surface area contributed by atoms with Gasteiger partial charge in [0.1, 0.15) is 5.75 Å². The largest absolute Gasteiger partial charge is 0.497 e. The molecule has 0 aliphatic rings. The molecular weight excluding hydrogens is 224 g/mol. The van der Waals surface area contributed by atoms with Crippen molar-refractivity contribution in [2.75, 3.05) is 7.11 Å². The van der Waals surface area contributed by atoms with Crippen LogP contribution in [0.3, 0.4) is 0 Å². The van der Waals surface area contributed by atoms with Gasteiger partial charge in [-0.15, -0.1) is 0 Å². The molecule has 3 nitrogen and oxygen atoms in total. The Morgan fingerprint density at radius 3 is 2.83 bits per heavy atom. The van der Waals surface area contributed by atoms with E-state index in [4.69, 9.17) is 4.74 Å². The summed E-state index contributed by atoms with van der Waals surface area (Å²) in [6, 6.07) is 17.2. The Bertz CT molecular complexity index is 656. The summed E-state index contributed by atoms with van der Waals surface area (Å²) in [6.07, 6.45) is 0.796. The number of benzene rings is 2. The second-order valence-electron chi connectivity index (χ2n) is 4.15. The zero-order chi connectivity index (χ0) is 12.4. The number of fused-ring (bicyclic) bond motifs is 1. The van der Waals surface area contributed by atoms with Crippen LogP contribution in [0.5, 0.6) is 5.75 Å². The third-order valence-electron chi connectivity index (χ3n) is 2.99. The van der Waals surface area contributed by atoms with Gasteiger partial charge in [-0.05, 0) is 29.8 Å². The van der Waals surface area contributed by atoms with Crippen molar-refractivity contribution >= 4 is 10.9 Å². The summed E-state index contributed by atoms with van der Waals surface area (Å²) in [5.74, 6) is 0.872. The zero-order valence-corrected chi connectivity index (χ0v) is 10.1. The second kappa shape index (κ2) is 4.53. The Labute approximate surface area is 105 Å². The van der Waals surface area contributed by atoms with Gasteiger partial charge in [0.05, 0.1) is 18.3 Å². The minimum Gasteiger partial charge on any atom is -0.497 e. The highest BCUT2D eigenvalue weighted by molar-refractivity contribution is 5.80. The number of hydrogen-bond donors (Lipinski definition) is 1. The van der Waals surface area contributed by atoms with Gasteiger partial charge in [-0.3, -0.25) is 5.10 Å². The molecule has 3 aromatic rings. The van der Waals surface area contributed by atoms with Crippen molar-refractivity contribution in [2.45, 2.75) is 6.42 Å². The Kier molecular flexibility index (Phi) is 2.73. The van der Waals surface area contributed by atoms with E-state index in [0.717, 1.165) is 28.8 Å². The maximum Gasteiger partial charge on any atom is 0.118 e. The van der Waals surface area contributed by atoms with Crippen LogP contribution >= 0.6 is 0 Å². The molecule has 0 spiro atoms. The quantitative estimate of drug-likeness (QED) is 0.760. The third kappa shape index (κ3) is 1.95. The molecule has 0 unspecified atom stereocenters. The van der Waals surface area contributed by atoms with Crippen molar-refractivity contribution in [1.29, 1.82) is 0 Å². The molecule has 0 bridgehead atoms. The molecule has 1 radical (unpaired) electrons. The van der Waals surface area contributed by atoms with Crippen molar-refractivity contribution in [3.63, 3.8) is 0 Å². The van der Waals surface area contributed by atoms with E-state index in [0.29, 0.717) is 0 Å². The maximum absolute atomic E-state index is 5.15. The number of methoxy groups -OCH3 is 1. The molecule has 3 heteroatoms. The fraction of sp³-hybridized carbons (Fsp3) is 0.133. The van der Waals surface area contributed by atoms with Crippen LogP contribution in [0.25, 0.3) is 10.9 Å². The van der Waals surface area contributed by atoms with Crippen molar-refractivity contribution in [3.8, 4) is 5.75 Å². The van der Waals surface area contributed by atoms with Gasteiger partial charge in [0.25, 0.3) is 0 Å². The summed E-state index contributed by atoms with van der Waals surface area (Å²) in [7, 11) is 1.67. The van der Waals surface area contributed by atoms with E-state index >= 15 is 0 Å². The average Bonchev–Trinajstić information content (AvgIpc) is 2.83. The summed E-state index contributed by atoms with van der Waals surface area (Å²) in [4.78, 5) is 0. The normalized spacial score (nSPS) is 10.7. The van der Waals surface area contributed by atoms with Gasteiger partial charge in [0.15, 0.2) is 0 Å².